The number of benzene rings is 1. The summed E-state index contributed by atoms with van der Waals surface area (Å²) in [6, 6.07) is 4.78. The minimum Gasteiger partial charge on any atom is -0.493 e. The van der Waals surface area contributed by atoms with Crippen molar-refractivity contribution in [1.29, 1.82) is 0 Å². The third-order valence-electron chi connectivity index (χ3n) is 2.85. The lowest BCUT2D eigenvalue weighted by molar-refractivity contribution is -0.385. The van der Waals surface area contributed by atoms with Gasteiger partial charge in [0.25, 0.3) is 5.69 Å². The molecule has 0 radical (unpaired) electrons. The molecule has 0 unspecified atom stereocenters. The van der Waals surface area contributed by atoms with E-state index in [1.807, 2.05) is 6.07 Å². The first-order valence-corrected chi connectivity index (χ1v) is 7.20. The molecule has 2 rings (SSSR count). The molecule has 21 heavy (non-hydrogen) atoms. The molecule has 0 aliphatic carbocycles. The van der Waals surface area contributed by atoms with Crippen molar-refractivity contribution < 1.29 is 14.4 Å². The van der Waals surface area contributed by atoms with Gasteiger partial charge in [-0.3, -0.25) is 14.8 Å². The minimum absolute atomic E-state index is 0.0105. The summed E-state index contributed by atoms with van der Waals surface area (Å²) in [5.41, 5.74) is 1.25. The average Bonchev–Trinajstić information content (AvgIpc) is 2.89. The van der Waals surface area contributed by atoms with Gasteiger partial charge in [0.1, 0.15) is 6.61 Å². The van der Waals surface area contributed by atoms with Crippen molar-refractivity contribution >= 4 is 21.6 Å². The fourth-order valence-electron chi connectivity index (χ4n) is 1.83. The Morgan fingerprint density at radius 3 is 2.71 bits per heavy atom. The first-order chi connectivity index (χ1) is 10.0. The van der Waals surface area contributed by atoms with Crippen molar-refractivity contribution in [3.05, 3.63) is 45.8 Å². The van der Waals surface area contributed by atoms with Crippen LogP contribution in [0.1, 0.15) is 11.3 Å². The summed E-state index contributed by atoms with van der Waals surface area (Å²) in [5.74, 6) is 0.769. The van der Waals surface area contributed by atoms with Gasteiger partial charge in [-0.1, -0.05) is 15.9 Å². The van der Waals surface area contributed by atoms with Gasteiger partial charge in [0.2, 0.25) is 0 Å². The van der Waals surface area contributed by atoms with Crippen LogP contribution in [0.15, 0.2) is 24.4 Å². The molecule has 0 bridgehead atoms. The number of hydrogen-bond donors (Lipinski definition) is 0. The third kappa shape index (κ3) is 3.52. The highest BCUT2D eigenvalue weighted by Crippen LogP contribution is 2.36. The topological polar surface area (TPSA) is 79.4 Å². The van der Waals surface area contributed by atoms with Gasteiger partial charge in [-0.25, -0.2) is 0 Å². The summed E-state index contributed by atoms with van der Waals surface area (Å²) >= 11 is 3.23. The standard InChI is InChI=1S/C13H14BrN3O4/c1-16-4-3-10(15-16)8-21-13-6-11(17(18)19)9(7-14)5-12(13)20-2/h3-6H,7-8H2,1-2H3. The molecule has 0 spiro atoms. The number of nitro benzene ring substituents is 1. The second-order valence-electron chi connectivity index (χ2n) is 4.29. The van der Waals surface area contributed by atoms with Gasteiger partial charge in [-0.05, 0) is 12.1 Å². The van der Waals surface area contributed by atoms with E-state index in [9.17, 15) is 10.1 Å². The molecule has 0 N–H and O–H groups in total. The predicted molar refractivity (Wildman–Crippen MR) is 79.8 cm³/mol. The molecule has 1 aromatic carbocycles. The monoisotopic (exact) mass is 355 g/mol. The summed E-state index contributed by atoms with van der Waals surface area (Å²) in [5, 5.41) is 15.6. The minimum atomic E-state index is -0.441. The lowest BCUT2D eigenvalue weighted by Gasteiger charge is -2.11. The van der Waals surface area contributed by atoms with Crippen molar-refractivity contribution in [3.63, 3.8) is 0 Å². The van der Waals surface area contributed by atoms with E-state index in [0.717, 1.165) is 5.69 Å². The van der Waals surface area contributed by atoms with Gasteiger partial charge in [-0.2, -0.15) is 5.10 Å². The van der Waals surface area contributed by atoms with Gasteiger partial charge in [0.15, 0.2) is 11.5 Å². The number of ether oxygens (including phenoxy) is 2. The van der Waals surface area contributed by atoms with E-state index in [0.29, 0.717) is 22.4 Å². The number of rotatable bonds is 6. The first-order valence-electron chi connectivity index (χ1n) is 6.07. The summed E-state index contributed by atoms with van der Waals surface area (Å²) in [7, 11) is 3.30. The Hall–Kier alpha value is -2.09. The Morgan fingerprint density at radius 2 is 2.19 bits per heavy atom. The first kappa shape index (κ1) is 15.3. The zero-order valence-electron chi connectivity index (χ0n) is 11.6. The molecular formula is C13H14BrN3O4. The van der Waals surface area contributed by atoms with Crippen LogP contribution >= 0.6 is 15.9 Å². The smallest absolute Gasteiger partial charge is 0.277 e. The zero-order chi connectivity index (χ0) is 15.4. The predicted octanol–water partition coefficient (Wildman–Crippen LogP) is 2.81. The normalized spacial score (nSPS) is 10.4. The molecule has 8 heteroatoms. The van der Waals surface area contributed by atoms with E-state index >= 15 is 0 Å². The number of methoxy groups -OCH3 is 1. The summed E-state index contributed by atoms with van der Waals surface area (Å²) < 4.78 is 12.5. The van der Waals surface area contributed by atoms with Crippen LogP contribution in [-0.2, 0) is 19.0 Å². The van der Waals surface area contributed by atoms with E-state index in [1.165, 1.54) is 13.2 Å². The maximum Gasteiger partial charge on any atom is 0.277 e. The number of hydrogen-bond acceptors (Lipinski definition) is 5. The number of halogens is 1. The molecule has 0 atom stereocenters. The highest BCUT2D eigenvalue weighted by atomic mass is 79.9. The van der Waals surface area contributed by atoms with E-state index in [1.54, 1.807) is 24.0 Å². The largest absolute Gasteiger partial charge is 0.493 e. The lowest BCUT2D eigenvalue weighted by atomic mass is 10.2. The molecule has 0 saturated heterocycles. The van der Waals surface area contributed by atoms with Crippen molar-refractivity contribution in [2.45, 2.75) is 11.9 Å². The van der Waals surface area contributed by atoms with Gasteiger partial charge in [0.05, 0.1) is 23.8 Å². The van der Waals surface area contributed by atoms with Gasteiger partial charge < -0.3 is 9.47 Å². The lowest BCUT2D eigenvalue weighted by Crippen LogP contribution is -2.02. The molecule has 112 valence electrons. The highest BCUT2D eigenvalue weighted by molar-refractivity contribution is 9.08. The summed E-state index contributed by atoms with van der Waals surface area (Å²) in [6.45, 7) is 0.210. The fraction of sp³-hybridized carbons (Fsp3) is 0.308. The van der Waals surface area contributed by atoms with Crippen molar-refractivity contribution in [2.75, 3.05) is 7.11 Å². The molecule has 1 aromatic heterocycles. The van der Waals surface area contributed by atoms with Crippen molar-refractivity contribution in [2.24, 2.45) is 7.05 Å². The van der Waals surface area contributed by atoms with Crippen LogP contribution < -0.4 is 9.47 Å². The Bertz CT molecular complexity index is 657. The Kier molecular flexibility index (Phi) is 4.79. The number of alkyl halides is 1. The van der Waals surface area contributed by atoms with Crippen molar-refractivity contribution in [3.8, 4) is 11.5 Å². The highest BCUT2D eigenvalue weighted by Gasteiger charge is 2.19. The SMILES string of the molecule is COc1cc(CBr)c([N+](=O)[O-])cc1OCc1ccn(C)n1. The van der Waals surface area contributed by atoms with Crippen LogP contribution in [-0.4, -0.2) is 21.8 Å². The Morgan fingerprint density at radius 1 is 1.43 bits per heavy atom. The quantitative estimate of drug-likeness (QED) is 0.452. The Balaban J connectivity index is 2.28. The second-order valence-corrected chi connectivity index (χ2v) is 4.85. The molecular weight excluding hydrogens is 342 g/mol. The number of nitrogens with zero attached hydrogens (tertiary/aromatic N) is 3. The molecule has 2 aromatic rings. The maximum absolute atomic E-state index is 11.1. The molecule has 0 amide bonds. The number of aryl methyl sites for hydroxylation is 1. The van der Waals surface area contributed by atoms with Crippen LogP contribution in [0.4, 0.5) is 5.69 Å². The summed E-state index contributed by atoms with van der Waals surface area (Å²) in [4.78, 5) is 10.6. The molecule has 0 aliphatic heterocycles. The summed E-state index contributed by atoms with van der Waals surface area (Å²) in [6.07, 6.45) is 1.80. The van der Waals surface area contributed by atoms with Crippen LogP contribution in [0.5, 0.6) is 11.5 Å². The van der Waals surface area contributed by atoms with E-state index in [-0.39, 0.29) is 12.3 Å². The van der Waals surface area contributed by atoms with Crippen molar-refractivity contribution in [1.82, 2.24) is 9.78 Å². The van der Waals surface area contributed by atoms with E-state index in [2.05, 4.69) is 21.0 Å². The maximum atomic E-state index is 11.1. The van der Waals surface area contributed by atoms with Gasteiger partial charge in [-0.15, -0.1) is 0 Å². The van der Waals surface area contributed by atoms with Gasteiger partial charge >= 0.3 is 0 Å². The fourth-order valence-corrected chi connectivity index (χ4v) is 2.28. The molecule has 0 aliphatic rings. The second kappa shape index (κ2) is 6.57. The number of nitro groups is 1. The Labute approximate surface area is 129 Å². The van der Waals surface area contributed by atoms with Crippen LogP contribution in [0.2, 0.25) is 0 Å². The zero-order valence-corrected chi connectivity index (χ0v) is 13.2. The molecule has 0 saturated carbocycles. The van der Waals surface area contributed by atoms with Crippen LogP contribution in [0, 0.1) is 10.1 Å². The van der Waals surface area contributed by atoms with E-state index in [4.69, 9.17) is 9.47 Å². The van der Waals surface area contributed by atoms with Crippen LogP contribution in [0.25, 0.3) is 0 Å². The molecule has 7 nitrogen and oxygen atoms in total. The van der Waals surface area contributed by atoms with Gasteiger partial charge in [0, 0.05) is 24.1 Å². The molecule has 1 heterocycles. The van der Waals surface area contributed by atoms with E-state index < -0.39 is 4.92 Å². The molecule has 0 fully saturated rings. The third-order valence-corrected chi connectivity index (χ3v) is 3.45. The number of aromatic nitrogens is 2. The van der Waals surface area contributed by atoms with Crippen LogP contribution in [0.3, 0.4) is 0 Å². The average molecular weight is 356 g/mol.